The molecular formula is C53H60N3O6S2-. The first kappa shape index (κ1) is 44.7. The van der Waals surface area contributed by atoms with Crippen molar-refractivity contribution in [1.82, 2.24) is 0 Å². The van der Waals surface area contributed by atoms with Crippen LogP contribution in [-0.4, -0.2) is 45.3 Å². The molecule has 0 spiro atoms. The average Bonchev–Trinajstić information content (AvgIpc) is 3.99. The molecule has 9 rings (SSSR count). The molecule has 0 amide bonds. The highest BCUT2D eigenvalue weighted by Crippen LogP contribution is 2.65. The number of benzene rings is 3. The van der Waals surface area contributed by atoms with Crippen molar-refractivity contribution in [1.29, 1.82) is 0 Å². The number of allylic oxidation sites excluding steroid dienone is 5. The van der Waals surface area contributed by atoms with E-state index >= 15 is 0 Å². The first-order valence-electron chi connectivity index (χ1n) is 23.0. The zero-order chi connectivity index (χ0) is 44.6. The number of hydrogen-bond acceptors (Lipinski definition) is 11. The Hall–Kier alpha value is -4.44. The second-order valence-electron chi connectivity index (χ2n) is 19.7. The first-order chi connectivity index (χ1) is 30.8. The van der Waals surface area contributed by atoms with Gasteiger partial charge in [0.05, 0.1) is 31.0 Å². The van der Waals surface area contributed by atoms with E-state index in [4.69, 9.17) is 16.2 Å². The number of rotatable bonds is 3. The second-order valence-corrected chi connectivity index (χ2v) is 22.2. The number of aliphatic hydroxyl groups excluding tert-OH is 1. The molecule has 9 nitrogen and oxygen atoms in total. The van der Waals surface area contributed by atoms with Crippen molar-refractivity contribution in [2.75, 3.05) is 12.4 Å². The highest BCUT2D eigenvalue weighted by molar-refractivity contribution is 8.76. The molecule has 2 heterocycles. The highest BCUT2D eigenvalue weighted by Gasteiger charge is 2.59. The van der Waals surface area contributed by atoms with Crippen molar-refractivity contribution < 1.29 is 30.0 Å². The summed E-state index contributed by atoms with van der Waals surface area (Å²) in [5, 5.41) is 48.7. The zero-order valence-corrected chi connectivity index (χ0v) is 38.4. The zero-order valence-electron chi connectivity index (χ0n) is 36.7. The Morgan fingerprint density at radius 3 is 2.58 bits per heavy atom. The second kappa shape index (κ2) is 18.4. The molecule has 0 unspecified atom stereocenters. The maximum absolute atomic E-state index is 14.2. The number of aliphatic imine (C=N–C) groups is 1. The van der Waals surface area contributed by atoms with Gasteiger partial charge >= 0.3 is 0 Å². The van der Waals surface area contributed by atoms with Crippen molar-refractivity contribution in [3.63, 3.8) is 0 Å². The van der Waals surface area contributed by atoms with Crippen molar-refractivity contribution in [2.24, 2.45) is 38.6 Å². The summed E-state index contributed by atoms with van der Waals surface area (Å²) in [7, 11) is 3.49. The largest absolute Gasteiger partial charge is 0.875 e. The van der Waals surface area contributed by atoms with E-state index in [-0.39, 0.29) is 46.9 Å². The van der Waals surface area contributed by atoms with E-state index < -0.39 is 18.2 Å². The molecule has 0 saturated heterocycles. The van der Waals surface area contributed by atoms with E-state index in [2.05, 4.69) is 35.9 Å². The Balaban J connectivity index is 1.10. The average molecular weight is 899 g/mol. The molecule has 3 saturated carbocycles. The summed E-state index contributed by atoms with van der Waals surface area (Å²) in [6, 6.07) is 14.7. The standard InChI is InChI=1S/C53H61N3O6S2/c1-51(17-2-3-18-51)28-37-13-19-53-31-52(37,29-49(53)61)20-14-38(57)10-7-33-9-12-46(59)48(24-33)62-22-16-34-8-11-45(58)43(23-34)42-27-47(60)39-15-21-56-44(39)6-4-5-35-25-41(50(54)55)36(26-40(35)42)30-63-64-32-53/h8-9,11-12,14-15,20-21,23-26,37,42,49-50,58-61H,2-3,6-7,10,13,16-19,22,27-32,54-55H2,1H3/p-1/b20-14-,47-39?/t37-,42-,49+,52-,53-/m0/s1. The van der Waals surface area contributed by atoms with Crippen molar-refractivity contribution in [2.45, 2.75) is 121 Å². The fraction of sp³-hybridized carbons (Fsp3) is 0.472. The first-order valence-corrected chi connectivity index (χ1v) is 25.5. The summed E-state index contributed by atoms with van der Waals surface area (Å²) in [6.45, 7) is 2.68. The van der Waals surface area contributed by atoms with Crippen molar-refractivity contribution in [3.8, 4) is 29.1 Å². The summed E-state index contributed by atoms with van der Waals surface area (Å²) in [6.07, 6.45) is 17.5. The number of aryl methyl sites for hydroxylation is 1. The van der Waals surface area contributed by atoms with Gasteiger partial charge in [-0.2, -0.15) is 0 Å². The number of nitrogens with zero attached hydrogens (tertiary/aromatic N) is 1. The number of hydrogen-bond donors (Lipinski definition) is 5. The maximum atomic E-state index is 14.2. The molecule has 7 N–H and O–H groups in total. The minimum absolute atomic E-state index is 0.0169. The molecule has 4 aliphatic carbocycles. The Bertz CT molecular complexity index is 2490. The number of aromatic hydroxyl groups is 2. The van der Waals surface area contributed by atoms with Gasteiger partial charge in [-0.1, -0.05) is 83.5 Å². The fourth-order valence-corrected chi connectivity index (χ4v) is 14.6. The van der Waals surface area contributed by atoms with Crippen LogP contribution in [0.15, 0.2) is 89.3 Å². The third kappa shape index (κ3) is 9.19. The fourth-order valence-electron chi connectivity index (χ4n) is 11.8. The van der Waals surface area contributed by atoms with E-state index in [1.54, 1.807) is 52.1 Å². The van der Waals surface area contributed by atoms with Gasteiger partial charge in [-0.05, 0) is 144 Å². The van der Waals surface area contributed by atoms with Crippen LogP contribution in [0.25, 0.3) is 0 Å². The van der Waals surface area contributed by atoms with Crippen LogP contribution in [0, 0.1) is 34.0 Å². The quantitative estimate of drug-likeness (QED) is 0.0970. The lowest BCUT2D eigenvalue weighted by Gasteiger charge is -2.46. The van der Waals surface area contributed by atoms with E-state index in [0.29, 0.717) is 77.4 Å². The van der Waals surface area contributed by atoms with Crippen LogP contribution >= 0.6 is 21.6 Å². The number of carbonyl (C=O) groups is 1. The summed E-state index contributed by atoms with van der Waals surface area (Å²) in [4.78, 5) is 18.1. The SMILES string of the molecule is CC1(C[C@@H]2CC[C@]34CSSCc5cc6c(cc5C(N)N)C#CCC5=NC=CC5=C([O-])C[C@@H]6c5cc(ccc5O)CCOc5cc(ccc5O)CCC(=O)/C=C\[C@]2(C[C@H]3O)C4)CCCC1. The van der Waals surface area contributed by atoms with Crippen LogP contribution in [0.2, 0.25) is 0 Å². The van der Waals surface area contributed by atoms with Gasteiger partial charge in [-0.15, -0.1) is 5.76 Å². The Morgan fingerprint density at radius 2 is 1.77 bits per heavy atom. The van der Waals surface area contributed by atoms with Crippen molar-refractivity contribution >= 4 is 33.1 Å². The number of carbonyl (C=O) groups excluding carboxylic acids is 1. The smallest absolute Gasteiger partial charge is 0.161 e. The predicted molar refractivity (Wildman–Crippen MR) is 255 cm³/mol. The number of fused-ring (bicyclic) bond motifs is 7. The molecule has 11 heteroatoms. The molecule has 64 heavy (non-hydrogen) atoms. The van der Waals surface area contributed by atoms with Crippen LogP contribution in [0.1, 0.15) is 135 Å². The lowest BCUT2D eigenvalue weighted by Crippen LogP contribution is -2.39. The third-order valence-corrected chi connectivity index (χ3v) is 17.9. The Kier molecular flexibility index (Phi) is 12.9. The number of phenolic OH excluding ortho intramolecular Hbond substituents is 2. The molecule has 5 atom stereocenters. The monoisotopic (exact) mass is 898 g/mol. The normalized spacial score (nSPS) is 28.5. The highest BCUT2D eigenvalue weighted by atomic mass is 33.1. The van der Waals surface area contributed by atoms with E-state index in [1.165, 1.54) is 25.7 Å². The van der Waals surface area contributed by atoms with Gasteiger partial charge < -0.3 is 36.6 Å². The molecule has 336 valence electrons. The van der Waals surface area contributed by atoms with E-state index in [9.17, 15) is 25.2 Å². The molecule has 6 aliphatic rings. The molecule has 3 aromatic carbocycles. The number of ketones is 1. The maximum Gasteiger partial charge on any atom is 0.161 e. The topological polar surface area (TPSA) is 174 Å². The van der Waals surface area contributed by atoms with Crippen LogP contribution in [0.4, 0.5) is 0 Å². The predicted octanol–water partition coefficient (Wildman–Crippen LogP) is 8.96. The number of aliphatic hydroxyl groups is 1. The van der Waals surface area contributed by atoms with Gasteiger partial charge in [0, 0.05) is 53.0 Å². The van der Waals surface area contributed by atoms with Gasteiger partial charge in [0.25, 0.3) is 0 Å². The summed E-state index contributed by atoms with van der Waals surface area (Å²) in [5.74, 6) is 8.22. The van der Waals surface area contributed by atoms with Gasteiger partial charge in [0.1, 0.15) is 5.75 Å². The molecule has 3 aromatic rings. The van der Waals surface area contributed by atoms with E-state index in [1.807, 2.05) is 30.3 Å². The summed E-state index contributed by atoms with van der Waals surface area (Å²) < 4.78 is 6.17. The number of nitrogens with two attached hydrogens (primary N) is 2. The van der Waals surface area contributed by atoms with Crippen molar-refractivity contribution in [3.05, 3.63) is 123 Å². The third-order valence-electron chi connectivity index (χ3n) is 15.4. The van der Waals surface area contributed by atoms with Gasteiger partial charge in [0.15, 0.2) is 17.3 Å². The van der Waals surface area contributed by atoms with Crippen LogP contribution < -0.4 is 21.3 Å². The van der Waals surface area contributed by atoms with Gasteiger partial charge in [-0.3, -0.25) is 9.79 Å². The summed E-state index contributed by atoms with van der Waals surface area (Å²) >= 11 is 0. The Labute approximate surface area is 385 Å². The molecule has 0 aromatic heterocycles. The minimum atomic E-state index is -0.776. The molecule has 8 bridgehead atoms. The van der Waals surface area contributed by atoms with Crippen LogP contribution in [0.5, 0.6) is 17.2 Å². The number of ether oxygens (including phenoxy) is 1. The lowest BCUT2D eigenvalue weighted by atomic mass is 9.59. The molecule has 0 radical (unpaired) electrons. The molecule has 2 aliphatic heterocycles. The molecule has 3 fully saturated rings. The van der Waals surface area contributed by atoms with Gasteiger partial charge in [0.2, 0.25) is 0 Å². The van der Waals surface area contributed by atoms with Gasteiger partial charge in [-0.25, -0.2) is 0 Å². The van der Waals surface area contributed by atoms with E-state index in [0.717, 1.165) is 59.3 Å². The van der Waals surface area contributed by atoms with Crippen LogP contribution in [0.3, 0.4) is 0 Å². The van der Waals surface area contributed by atoms with Crippen LogP contribution in [-0.2, 0) is 23.4 Å². The lowest BCUT2D eigenvalue weighted by molar-refractivity contribution is -0.307. The molecular weight excluding hydrogens is 839 g/mol. The minimum Gasteiger partial charge on any atom is -0.875 e. The number of phenols is 2. The Morgan fingerprint density at radius 1 is 0.969 bits per heavy atom. The summed E-state index contributed by atoms with van der Waals surface area (Å²) in [5.41, 5.74) is 19.5.